The van der Waals surface area contributed by atoms with Crippen LogP contribution in [0.15, 0.2) is 59.3 Å². The summed E-state index contributed by atoms with van der Waals surface area (Å²) in [5.41, 5.74) is 1.51. The van der Waals surface area contributed by atoms with Gasteiger partial charge in [0.15, 0.2) is 0 Å². The first-order valence-corrected chi connectivity index (χ1v) is 9.60. The number of hydrogen-bond donors (Lipinski definition) is 0. The molecule has 0 bridgehead atoms. The molecule has 4 rings (SSSR count). The molecule has 0 unspecified atom stereocenters. The third kappa shape index (κ3) is 4.29. The van der Waals surface area contributed by atoms with Crippen molar-refractivity contribution in [1.29, 1.82) is 5.26 Å². The predicted molar refractivity (Wildman–Crippen MR) is 104 cm³/mol. The molecule has 27 heavy (non-hydrogen) atoms. The molecule has 1 aliphatic heterocycles. The highest BCUT2D eigenvalue weighted by atomic mass is 16.3. The third-order valence-corrected chi connectivity index (χ3v) is 5.39. The van der Waals surface area contributed by atoms with Crippen molar-refractivity contribution in [3.8, 4) is 17.4 Å². The number of benzene rings is 1. The van der Waals surface area contributed by atoms with E-state index in [-0.39, 0.29) is 0 Å². The first-order chi connectivity index (χ1) is 13.3. The first-order valence-electron chi connectivity index (χ1n) is 9.60. The monoisotopic (exact) mass is 360 g/mol. The molecular formula is C22H24N4O. The van der Waals surface area contributed by atoms with E-state index in [9.17, 15) is 5.26 Å². The smallest absolute Gasteiger partial charge is 0.135 e. The summed E-state index contributed by atoms with van der Waals surface area (Å²) in [6, 6.07) is 15.8. The zero-order valence-electron chi connectivity index (χ0n) is 15.4. The van der Waals surface area contributed by atoms with Crippen molar-refractivity contribution >= 4 is 0 Å². The second kappa shape index (κ2) is 8.24. The van der Waals surface area contributed by atoms with Crippen molar-refractivity contribution < 1.29 is 4.42 Å². The number of aryl methyl sites for hydroxylation is 1. The van der Waals surface area contributed by atoms with Crippen LogP contribution in [0.1, 0.15) is 30.6 Å². The molecule has 1 saturated heterocycles. The molecule has 0 amide bonds. The van der Waals surface area contributed by atoms with Crippen LogP contribution >= 0.6 is 0 Å². The van der Waals surface area contributed by atoms with Gasteiger partial charge in [-0.25, -0.2) is 0 Å². The van der Waals surface area contributed by atoms with Gasteiger partial charge in [0.2, 0.25) is 0 Å². The fourth-order valence-electron chi connectivity index (χ4n) is 3.80. The Bertz CT molecular complexity index is 899. The summed E-state index contributed by atoms with van der Waals surface area (Å²) in [4.78, 5) is 2.46. The van der Waals surface area contributed by atoms with Crippen LogP contribution in [-0.2, 0) is 13.1 Å². The van der Waals surface area contributed by atoms with E-state index in [4.69, 9.17) is 4.42 Å². The molecule has 5 heteroatoms. The Morgan fingerprint density at radius 2 is 1.96 bits per heavy atom. The lowest BCUT2D eigenvalue weighted by Crippen LogP contribution is -2.33. The van der Waals surface area contributed by atoms with E-state index in [1.807, 2.05) is 59.5 Å². The van der Waals surface area contributed by atoms with Crippen LogP contribution in [-0.4, -0.2) is 27.8 Å². The summed E-state index contributed by atoms with van der Waals surface area (Å²) in [6.45, 7) is 4.06. The highest BCUT2D eigenvalue weighted by molar-refractivity contribution is 5.66. The Morgan fingerprint density at radius 3 is 2.74 bits per heavy atom. The van der Waals surface area contributed by atoms with Crippen molar-refractivity contribution in [1.82, 2.24) is 14.7 Å². The maximum absolute atomic E-state index is 9.27. The highest BCUT2D eigenvalue weighted by Crippen LogP contribution is 2.27. The molecule has 2 aromatic heterocycles. The van der Waals surface area contributed by atoms with Gasteiger partial charge < -0.3 is 4.42 Å². The molecule has 1 aliphatic rings. The zero-order valence-corrected chi connectivity index (χ0v) is 15.4. The van der Waals surface area contributed by atoms with Gasteiger partial charge in [0.25, 0.3) is 0 Å². The van der Waals surface area contributed by atoms with Crippen LogP contribution < -0.4 is 0 Å². The van der Waals surface area contributed by atoms with Crippen LogP contribution in [0.2, 0.25) is 0 Å². The number of nitriles is 1. The van der Waals surface area contributed by atoms with Crippen molar-refractivity contribution in [2.45, 2.75) is 32.4 Å². The Labute approximate surface area is 159 Å². The Kier molecular flexibility index (Phi) is 5.36. The van der Waals surface area contributed by atoms with E-state index < -0.39 is 0 Å². The van der Waals surface area contributed by atoms with E-state index in [0.717, 1.165) is 49.2 Å². The van der Waals surface area contributed by atoms with E-state index in [2.05, 4.69) is 16.1 Å². The van der Waals surface area contributed by atoms with E-state index in [0.29, 0.717) is 5.56 Å². The highest BCUT2D eigenvalue weighted by Gasteiger charge is 2.20. The molecular weight excluding hydrogens is 336 g/mol. The largest absolute Gasteiger partial charge is 0.460 e. The second-order valence-electron chi connectivity index (χ2n) is 7.20. The number of rotatable bonds is 6. The standard InChI is InChI=1S/C22H24N4O/c23-16-19-4-1-2-5-21(19)22-7-6-20(27-22)17-25-13-8-18(9-14-25)10-15-26-12-3-11-24-26/h1-7,11-12,18H,8-10,13-15,17H2. The normalized spacial score (nSPS) is 15.7. The molecule has 3 heterocycles. The topological polar surface area (TPSA) is 58.0 Å². The fourth-order valence-corrected chi connectivity index (χ4v) is 3.80. The van der Waals surface area contributed by atoms with Gasteiger partial charge in [0.1, 0.15) is 11.5 Å². The first kappa shape index (κ1) is 17.6. The number of furan rings is 1. The SMILES string of the molecule is N#Cc1ccccc1-c1ccc(CN2CCC(CCn3cccn3)CC2)o1. The van der Waals surface area contributed by atoms with Gasteiger partial charge in [-0.3, -0.25) is 9.58 Å². The minimum atomic E-state index is 0.649. The molecule has 0 saturated carbocycles. The van der Waals surface area contributed by atoms with Crippen molar-refractivity contribution in [2.75, 3.05) is 13.1 Å². The van der Waals surface area contributed by atoms with Crippen molar-refractivity contribution in [3.63, 3.8) is 0 Å². The van der Waals surface area contributed by atoms with Crippen LogP contribution in [0.4, 0.5) is 0 Å². The molecule has 0 atom stereocenters. The van der Waals surface area contributed by atoms with Gasteiger partial charge in [0, 0.05) is 24.5 Å². The van der Waals surface area contributed by atoms with Crippen LogP contribution in [0.25, 0.3) is 11.3 Å². The van der Waals surface area contributed by atoms with Gasteiger partial charge in [-0.15, -0.1) is 0 Å². The van der Waals surface area contributed by atoms with Crippen LogP contribution in [0, 0.1) is 17.2 Å². The molecule has 3 aromatic rings. The summed E-state index contributed by atoms with van der Waals surface area (Å²) in [6.07, 6.45) is 7.53. The van der Waals surface area contributed by atoms with Crippen molar-refractivity contribution in [2.24, 2.45) is 5.92 Å². The summed E-state index contributed by atoms with van der Waals surface area (Å²) >= 11 is 0. The molecule has 0 aliphatic carbocycles. The zero-order chi connectivity index (χ0) is 18.5. The molecule has 0 N–H and O–H groups in total. The van der Waals surface area contributed by atoms with Gasteiger partial charge >= 0.3 is 0 Å². The fraction of sp³-hybridized carbons (Fsp3) is 0.364. The van der Waals surface area contributed by atoms with Gasteiger partial charge in [0.05, 0.1) is 18.2 Å². The minimum Gasteiger partial charge on any atom is -0.460 e. The maximum atomic E-state index is 9.27. The van der Waals surface area contributed by atoms with E-state index >= 15 is 0 Å². The number of nitrogens with zero attached hydrogens (tertiary/aromatic N) is 4. The van der Waals surface area contributed by atoms with Gasteiger partial charge in [-0.05, 0) is 68.6 Å². The Morgan fingerprint density at radius 1 is 1.11 bits per heavy atom. The van der Waals surface area contributed by atoms with E-state index in [1.165, 1.54) is 19.3 Å². The minimum absolute atomic E-state index is 0.649. The Balaban J connectivity index is 1.30. The second-order valence-corrected chi connectivity index (χ2v) is 7.20. The maximum Gasteiger partial charge on any atom is 0.135 e. The summed E-state index contributed by atoms with van der Waals surface area (Å²) in [5.74, 6) is 2.52. The quantitative estimate of drug-likeness (QED) is 0.657. The average molecular weight is 360 g/mol. The van der Waals surface area contributed by atoms with Gasteiger partial charge in [-0.1, -0.05) is 12.1 Å². The molecule has 138 valence electrons. The third-order valence-electron chi connectivity index (χ3n) is 5.39. The molecule has 0 radical (unpaired) electrons. The average Bonchev–Trinajstić information content (AvgIpc) is 3.39. The lowest BCUT2D eigenvalue weighted by Gasteiger charge is -2.31. The molecule has 5 nitrogen and oxygen atoms in total. The Hall–Kier alpha value is -2.84. The molecule has 1 aromatic carbocycles. The van der Waals surface area contributed by atoms with E-state index in [1.54, 1.807) is 0 Å². The van der Waals surface area contributed by atoms with Crippen LogP contribution in [0.3, 0.4) is 0 Å². The molecule has 1 fully saturated rings. The van der Waals surface area contributed by atoms with Gasteiger partial charge in [-0.2, -0.15) is 10.4 Å². The predicted octanol–water partition coefficient (Wildman–Crippen LogP) is 4.32. The number of likely N-dealkylation sites (tertiary alicyclic amines) is 1. The number of aromatic nitrogens is 2. The summed E-state index contributed by atoms with van der Waals surface area (Å²) in [7, 11) is 0. The van der Waals surface area contributed by atoms with Crippen molar-refractivity contribution in [3.05, 3.63) is 66.2 Å². The lowest BCUT2D eigenvalue weighted by molar-refractivity contribution is 0.159. The van der Waals surface area contributed by atoms with Crippen LogP contribution in [0.5, 0.6) is 0 Å². The lowest BCUT2D eigenvalue weighted by atomic mass is 9.93. The number of hydrogen-bond acceptors (Lipinski definition) is 4. The summed E-state index contributed by atoms with van der Waals surface area (Å²) in [5, 5.41) is 13.6. The molecule has 0 spiro atoms. The number of piperidine rings is 1. The summed E-state index contributed by atoms with van der Waals surface area (Å²) < 4.78 is 8.06.